The van der Waals surface area contributed by atoms with E-state index >= 15 is 0 Å². The number of aryl methyl sites for hydroxylation is 1. The van der Waals surface area contributed by atoms with Crippen molar-refractivity contribution in [2.24, 2.45) is 0 Å². The summed E-state index contributed by atoms with van der Waals surface area (Å²) in [5, 5.41) is 0.689. The van der Waals surface area contributed by atoms with Crippen LogP contribution in [0.2, 0.25) is 10.0 Å². The molecule has 4 rings (SSSR count). The molecule has 1 amide bonds. The summed E-state index contributed by atoms with van der Waals surface area (Å²) in [5.41, 5.74) is 4.82. The maximum atomic E-state index is 12.9. The first-order chi connectivity index (χ1) is 12.6. The van der Waals surface area contributed by atoms with Crippen LogP contribution in [0, 0.1) is 6.92 Å². The highest BCUT2D eigenvalue weighted by Crippen LogP contribution is 2.29. The minimum Gasteiger partial charge on any atom is -0.332 e. The molecule has 4 nitrogen and oxygen atoms in total. The average Bonchev–Trinajstić information content (AvgIpc) is 3.07. The lowest BCUT2D eigenvalue weighted by atomic mass is 10.1. The van der Waals surface area contributed by atoms with Crippen LogP contribution in [0.1, 0.15) is 27.3 Å². The third-order valence-electron chi connectivity index (χ3n) is 4.76. The first-order valence-electron chi connectivity index (χ1n) is 8.40. The zero-order valence-corrected chi connectivity index (χ0v) is 15.8. The van der Waals surface area contributed by atoms with Crippen molar-refractivity contribution in [2.75, 3.05) is 6.54 Å². The van der Waals surface area contributed by atoms with E-state index in [2.05, 4.69) is 28.6 Å². The predicted molar refractivity (Wildman–Crippen MR) is 103 cm³/mol. The molecule has 1 aromatic heterocycles. The second-order valence-electron chi connectivity index (χ2n) is 6.37. The van der Waals surface area contributed by atoms with Crippen LogP contribution >= 0.6 is 23.2 Å². The third-order valence-corrected chi connectivity index (χ3v) is 5.58. The lowest BCUT2D eigenvalue weighted by Gasteiger charge is -2.27. The van der Waals surface area contributed by atoms with Crippen molar-refractivity contribution in [2.45, 2.75) is 19.9 Å². The molecule has 2 heterocycles. The monoisotopic (exact) mass is 385 g/mol. The number of aromatic nitrogens is 2. The van der Waals surface area contributed by atoms with Crippen molar-refractivity contribution in [3.63, 3.8) is 0 Å². The van der Waals surface area contributed by atoms with Gasteiger partial charge in [-0.2, -0.15) is 0 Å². The van der Waals surface area contributed by atoms with Crippen LogP contribution in [0.15, 0.2) is 48.8 Å². The van der Waals surface area contributed by atoms with E-state index in [1.165, 1.54) is 5.56 Å². The van der Waals surface area contributed by atoms with E-state index in [9.17, 15) is 4.79 Å². The Bertz CT molecular complexity index is 996. The first kappa shape index (κ1) is 17.1. The average molecular weight is 386 g/mol. The van der Waals surface area contributed by atoms with E-state index in [0.717, 1.165) is 23.5 Å². The van der Waals surface area contributed by atoms with Crippen molar-refractivity contribution in [3.05, 3.63) is 81.4 Å². The molecule has 0 spiro atoms. The minimum absolute atomic E-state index is 0.117. The van der Waals surface area contributed by atoms with Crippen molar-refractivity contribution in [1.82, 2.24) is 14.5 Å². The standard InChI is InChI=1S/C20H17Cl2N3O/c1-13-5-2-3-8-17(13)25-12-23-16-11-24(10-9-18(16)25)20(26)14-6-4-7-15(21)19(14)22/h2-8,12H,9-11H2,1H3. The van der Waals surface area contributed by atoms with Crippen molar-refractivity contribution >= 4 is 29.1 Å². The van der Waals surface area contributed by atoms with Gasteiger partial charge in [0.25, 0.3) is 5.91 Å². The third kappa shape index (κ3) is 2.89. The normalized spacial score (nSPS) is 13.6. The van der Waals surface area contributed by atoms with Gasteiger partial charge in [0.05, 0.1) is 34.2 Å². The quantitative estimate of drug-likeness (QED) is 0.641. The Morgan fingerprint density at radius 1 is 1.12 bits per heavy atom. The molecule has 0 bridgehead atoms. The van der Waals surface area contributed by atoms with Crippen LogP contribution in [0.25, 0.3) is 5.69 Å². The Morgan fingerprint density at radius 2 is 1.92 bits per heavy atom. The van der Waals surface area contributed by atoms with E-state index in [1.54, 1.807) is 23.1 Å². The smallest absolute Gasteiger partial charge is 0.255 e. The number of carbonyl (C=O) groups is 1. The summed E-state index contributed by atoms with van der Waals surface area (Å²) in [4.78, 5) is 19.2. The molecule has 2 aromatic carbocycles. The molecule has 3 aromatic rings. The number of nitrogens with zero attached hydrogens (tertiary/aromatic N) is 3. The van der Waals surface area contributed by atoms with Gasteiger partial charge in [-0.1, -0.05) is 47.5 Å². The first-order valence-corrected chi connectivity index (χ1v) is 9.16. The molecule has 26 heavy (non-hydrogen) atoms. The number of rotatable bonds is 2. The number of hydrogen-bond acceptors (Lipinski definition) is 2. The maximum absolute atomic E-state index is 12.9. The van der Waals surface area contributed by atoms with Gasteiger partial charge in [0, 0.05) is 24.3 Å². The molecular formula is C20H17Cl2N3O. The van der Waals surface area contributed by atoms with Crippen molar-refractivity contribution in [1.29, 1.82) is 0 Å². The fourth-order valence-corrected chi connectivity index (χ4v) is 3.74. The molecule has 0 saturated carbocycles. The van der Waals surface area contributed by atoms with Crippen LogP contribution in [0.4, 0.5) is 0 Å². The van der Waals surface area contributed by atoms with Gasteiger partial charge in [0.2, 0.25) is 0 Å². The maximum Gasteiger partial charge on any atom is 0.255 e. The van der Waals surface area contributed by atoms with Crippen LogP contribution in [0.5, 0.6) is 0 Å². The molecule has 6 heteroatoms. The van der Waals surface area contributed by atoms with E-state index in [0.29, 0.717) is 28.7 Å². The molecule has 0 N–H and O–H groups in total. The van der Waals surface area contributed by atoms with Crippen LogP contribution in [-0.4, -0.2) is 26.9 Å². The molecule has 0 aliphatic carbocycles. The van der Waals surface area contributed by atoms with Gasteiger partial charge in [-0.3, -0.25) is 4.79 Å². The van der Waals surface area contributed by atoms with Gasteiger partial charge in [0.15, 0.2) is 0 Å². The predicted octanol–water partition coefficient (Wildman–Crippen LogP) is 4.69. The summed E-state index contributed by atoms with van der Waals surface area (Å²) in [6.07, 6.45) is 2.58. The summed E-state index contributed by atoms with van der Waals surface area (Å²) in [6.45, 7) is 3.17. The highest BCUT2D eigenvalue weighted by Gasteiger charge is 2.27. The highest BCUT2D eigenvalue weighted by molar-refractivity contribution is 6.43. The van der Waals surface area contributed by atoms with Crippen LogP contribution in [0.3, 0.4) is 0 Å². The minimum atomic E-state index is -0.117. The van der Waals surface area contributed by atoms with E-state index in [1.807, 2.05) is 18.5 Å². The Labute approximate surface area is 162 Å². The Hall–Kier alpha value is -2.30. The van der Waals surface area contributed by atoms with Gasteiger partial charge in [-0.05, 0) is 30.7 Å². The SMILES string of the molecule is Cc1ccccc1-n1cnc2c1CCN(C(=O)c1cccc(Cl)c1Cl)C2. The van der Waals surface area contributed by atoms with Gasteiger partial charge in [0.1, 0.15) is 0 Å². The number of fused-ring (bicyclic) bond motifs is 1. The number of para-hydroxylation sites is 1. The second-order valence-corrected chi connectivity index (χ2v) is 7.16. The van der Waals surface area contributed by atoms with Crippen LogP contribution in [-0.2, 0) is 13.0 Å². The van der Waals surface area contributed by atoms with Crippen molar-refractivity contribution in [3.8, 4) is 5.69 Å². The molecule has 1 aliphatic heterocycles. The molecular weight excluding hydrogens is 369 g/mol. The van der Waals surface area contributed by atoms with E-state index in [-0.39, 0.29) is 5.91 Å². The molecule has 0 saturated heterocycles. The van der Waals surface area contributed by atoms with Gasteiger partial charge >= 0.3 is 0 Å². The fourth-order valence-electron chi connectivity index (χ4n) is 3.36. The zero-order chi connectivity index (χ0) is 18.3. The lowest BCUT2D eigenvalue weighted by molar-refractivity contribution is 0.0731. The lowest BCUT2D eigenvalue weighted by Crippen LogP contribution is -2.36. The Morgan fingerprint density at radius 3 is 2.73 bits per heavy atom. The Kier molecular flexibility index (Phi) is 4.47. The number of hydrogen-bond donors (Lipinski definition) is 0. The molecule has 0 atom stereocenters. The highest BCUT2D eigenvalue weighted by atomic mass is 35.5. The number of imidazole rings is 1. The summed E-state index contributed by atoms with van der Waals surface area (Å²) in [6, 6.07) is 13.3. The second kappa shape index (κ2) is 6.78. The number of amides is 1. The largest absolute Gasteiger partial charge is 0.332 e. The zero-order valence-electron chi connectivity index (χ0n) is 14.2. The summed E-state index contributed by atoms with van der Waals surface area (Å²) < 4.78 is 2.12. The Balaban J connectivity index is 1.63. The van der Waals surface area contributed by atoms with Gasteiger partial charge in [-0.25, -0.2) is 4.98 Å². The fraction of sp³-hybridized carbons (Fsp3) is 0.200. The molecule has 0 radical (unpaired) electrons. The topological polar surface area (TPSA) is 38.1 Å². The number of benzene rings is 2. The molecule has 1 aliphatic rings. The summed E-state index contributed by atoms with van der Waals surface area (Å²) in [7, 11) is 0. The van der Waals surface area contributed by atoms with Crippen LogP contribution < -0.4 is 0 Å². The summed E-state index contributed by atoms with van der Waals surface area (Å²) in [5.74, 6) is -0.117. The molecule has 0 fully saturated rings. The number of carbonyl (C=O) groups excluding carboxylic acids is 1. The molecule has 132 valence electrons. The number of halogens is 2. The van der Waals surface area contributed by atoms with E-state index < -0.39 is 0 Å². The van der Waals surface area contributed by atoms with Crippen molar-refractivity contribution < 1.29 is 4.79 Å². The van der Waals surface area contributed by atoms with Gasteiger partial charge in [-0.15, -0.1) is 0 Å². The molecule has 0 unspecified atom stereocenters. The summed E-state index contributed by atoms with van der Waals surface area (Å²) >= 11 is 12.3. The van der Waals surface area contributed by atoms with E-state index in [4.69, 9.17) is 23.2 Å². The van der Waals surface area contributed by atoms with Gasteiger partial charge < -0.3 is 9.47 Å².